The summed E-state index contributed by atoms with van der Waals surface area (Å²) in [5.41, 5.74) is 1.58. The first kappa shape index (κ1) is 22.1. The fourth-order valence-electron chi connectivity index (χ4n) is 3.19. The van der Waals surface area contributed by atoms with Crippen LogP contribution in [-0.2, 0) is 9.53 Å². The Morgan fingerprint density at radius 2 is 2.00 bits per heavy atom. The van der Waals surface area contributed by atoms with E-state index in [4.69, 9.17) is 16.3 Å². The fraction of sp³-hybridized carbons (Fsp3) is 0.238. The smallest absolute Gasteiger partial charge is 0.292 e. The van der Waals surface area contributed by atoms with Gasteiger partial charge < -0.3 is 20.3 Å². The summed E-state index contributed by atoms with van der Waals surface area (Å²) in [5, 5.41) is 26.7. The number of nitrogens with one attached hydrogen (secondary N) is 2. The van der Waals surface area contributed by atoms with Crippen LogP contribution in [0, 0.1) is 21.4 Å². The number of morpholine rings is 1. The zero-order valence-electron chi connectivity index (χ0n) is 16.7. The number of nitro benzene ring substituents is 1. The van der Waals surface area contributed by atoms with Gasteiger partial charge in [-0.05, 0) is 35.9 Å². The Kier molecular flexibility index (Phi) is 7.07. The third kappa shape index (κ3) is 5.31. The molecule has 0 radical (unpaired) electrons. The van der Waals surface area contributed by atoms with Crippen LogP contribution in [0.3, 0.4) is 0 Å². The Bertz CT molecular complexity index is 1070. The molecule has 0 aromatic heterocycles. The molecular formula is C21H20ClN5O4. The lowest BCUT2D eigenvalue weighted by atomic mass is 10.1. The highest BCUT2D eigenvalue weighted by atomic mass is 35.5. The van der Waals surface area contributed by atoms with Crippen molar-refractivity contribution in [2.24, 2.45) is 0 Å². The quantitative estimate of drug-likeness (QED) is 0.303. The average molecular weight is 442 g/mol. The van der Waals surface area contributed by atoms with E-state index >= 15 is 0 Å². The number of rotatable bonds is 6. The van der Waals surface area contributed by atoms with Crippen molar-refractivity contribution in [1.29, 1.82) is 5.26 Å². The van der Waals surface area contributed by atoms with Crippen LogP contribution in [0.25, 0.3) is 6.08 Å². The summed E-state index contributed by atoms with van der Waals surface area (Å²) in [7, 11) is 1.57. The molecule has 0 bridgehead atoms. The van der Waals surface area contributed by atoms with E-state index in [1.807, 2.05) is 6.07 Å². The molecule has 31 heavy (non-hydrogen) atoms. The molecule has 3 rings (SSSR count). The van der Waals surface area contributed by atoms with Crippen LogP contribution in [-0.4, -0.2) is 44.2 Å². The van der Waals surface area contributed by atoms with Gasteiger partial charge in [0.05, 0.1) is 29.5 Å². The Hall–Kier alpha value is -3.61. The van der Waals surface area contributed by atoms with Crippen LogP contribution >= 0.6 is 11.6 Å². The average Bonchev–Trinajstić information content (AvgIpc) is 2.77. The molecule has 1 amide bonds. The first-order chi connectivity index (χ1) is 14.9. The molecular weight excluding hydrogens is 422 g/mol. The molecule has 0 saturated carbocycles. The molecule has 2 aromatic rings. The first-order valence-electron chi connectivity index (χ1n) is 9.44. The fourth-order valence-corrected chi connectivity index (χ4v) is 3.37. The second kappa shape index (κ2) is 9.93. The molecule has 0 aliphatic carbocycles. The molecule has 1 fully saturated rings. The normalized spacial score (nSPS) is 14.0. The van der Waals surface area contributed by atoms with E-state index in [0.717, 1.165) is 5.69 Å². The summed E-state index contributed by atoms with van der Waals surface area (Å²) in [4.78, 5) is 25.6. The Morgan fingerprint density at radius 1 is 1.26 bits per heavy atom. The van der Waals surface area contributed by atoms with Crippen LogP contribution in [0.2, 0.25) is 5.02 Å². The van der Waals surface area contributed by atoms with Gasteiger partial charge in [-0.25, -0.2) is 0 Å². The zero-order chi connectivity index (χ0) is 22.4. The molecule has 2 aromatic carbocycles. The van der Waals surface area contributed by atoms with Crippen LogP contribution < -0.4 is 15.5 Å². The van der Waals surface area contributed by atoms with E-state index in [1.165, 1.54) is 18.2 Å². The number of hydrogen-bond donors (Lipinski definition) is 2. The van der Waals surface area contributed by atoms with E-state index < -0.39 is 10.8 Å². The van der Waals surface area contributed by atoms with E-state index in [-0.39, 0.29) is 11.3 Å². The van der Waals surface area contributed by atoms with Crippen molar-refractivity contribution in [3.8, 4) is 6.07 Å². The van der Waals surface area contributed by atoms with E-state index in [0.29, 0.717) is 48.3 Å². The van der Waals surface area contributed by atoms with Gasteiger partial charge in [0.25, 0.3) is 11.6 Å². The van der Waals surface area contributed by atoms with Crippen molar-refractivity contribution in [3.05, 3.63) is 62.7 Å². The maximum atomic E-state index is 12.8. The van der Waals surface area contributed by atoms with Crippen molar-refractivity contribution in [3.63, 3.8) is 0 Å². The standard InChI is InChI=1S/C21H20ClN5O4/c1-24-17-4-2-14(11-20(17)27(29)30)10-15(13-23)21(28)25-18-12-16(22)3-5-19(18)26-6-8-31-9-7-26/h2-5,10-12,24H,6-9H2,1H3,(H,25,28)/b15-10+. The van der Waals surface area contributed by atoms with Crippen molar-refractivity contribution in [2.75, 3.05) is 48.9 Å². The van der Waals surface area contributed by atoms with Crippen molar-refractivity contribution < 1.29 is 14.5 Å². The monoisotopic (exact) mass is 441 g/mol. The molecule has 1 heterocycles. The number of halogens is 1. The minimum absolute atomic E-state index is 0.154. The number of benzene rings is 2. The number of carbonyl (C=O) groups excluding carboxylic acids is 1. The maximum Gasteiger partial charge on any atom is 0.292 e. The van der Waals surface area contributed by atoms with Gasteiger partial charge >= 0.3 is 0 Å². The minimum atomic E-state index is -0.639. The maximum absolute atomic E-state index is 12.8. The number of amides is 1. The lowest BCUT2D eigenvalue weighted by Gasteiger charge is -2.30. The number of nitriles is 1. The van der Waals surface area contributed by atoms with Crippen LogP contribution in [0.4, 0.5) is 22.7 Å². The minimum Gasteiger partial charge on any atom is -0.383 e. The summed E-state index contributed by atoms with van der Waals surface area (Å²) in [5.74, 6) is -0.639. The van der Waals surface area contributed by atoms with E-state index in [1.54, 1.807) is 31.3 Å². The highest BCUT2D eigenvalue weighted by molar-refractivity contribution is 6.31. The van der Waals surface area contributed by atoms with Gasteiger partial charge in [-0.15, -0.1) is 0 Å². The van der Waals surface area contributed by atoms with Crippen LogP contribution in [0.5, 0.6) is 0 Å². The van der Waals surface area contributed by atoms with Crippen LogP contribution in [0.15, 0.2) is 42.0 Å². The molecule has 0 unspecified atom stereocenters. The number of hydrogen-bond acceptors (Lipinski definition) is 7. The largest absolute Gasteiger partial charge is 0.383 e. The third-order valence-corrected chi connectivity index (χ3v) is 4.96. The zero-order valence-corrected chi connectivity index (χ0v) is 17.5. The summed E-state index contributed by atoms with van der Waals surface area (Å²) in [6.45, 7) is 2.46. The SMILES string of the molecule is CNc1ccc(/C=C(\C#N)C(=O)Nc2cc(Cl)ccc2N2CCOCC2)cc1[N+](=O)[O-]. The van der Waals surface area contributed by atoms with Crippen molar-refractivity contribution in [2.45, 2.75) is 0 Å². The number of nitro groups is 1. The van der Waals surface area contributed by atoms with Crippen molar-refractivity contribution in [1.82, 2.24) is 0 Å². The highest BCUT2D eigenvalue weighted by Gasteiger charge is 2.19. The first-order valence-corrected chi connectivity index (χ1v) is 9.82. The number of carbonyl (C=O) groups is 1. The number of nitrogens with zero attached hydrogens (tertiary/aromatic N) is 3. The van der Waals surface area contributed by atoms with Crippen LogP contribution in [0.1, 0.15) is 5.56 Å². The molecule has 9 nitrogen and oxygen atoms in total. The number of ether oxygens (including phenoxy) is 1. The van der Waals surface area contributed by atoms with Gasteiger partial charge in [0.1, 0.15) is 17.3 Å². The van der Waals surface area contributed by atoms with Crippen molar-refractivity contribution >= 4 is 46.3 Å². The van der Waals surface area contributed by atoms with Gasteiger partial charge in [0.15, 0.2) is 0 Å². The second-order valence-corrected chi connectivity index (χ2v) is 7.10. The molecule has 1 saturated heterocycles. The molecule has 1 aliphatic heterocycles. The lowest BCUT2D eigenvalue weighted by molar-refractivity contribution is -0.384. The predicted molar refractivity (Wildman–Crippen MR) is 119 cm³/mol. The summed E-state index contributed by atoms with van der Waals surface area (Å²) >= 11 is 6.11. The van der Waals surface area contributed by atoms with E-state index in [9.17, 15) is 20.2 Å². The summed E-state index contributed by atoms with van der Waals surface area (Å²) in [6.07, 6.45) is 1.31. The highest BCUT2D eigenvalue weighted by Crippen LogP contribution is 2.31. The van der Waals surface area contributed by atoms with Gasteiger partial charge in [0.2, 0.25) is 0 Å². The van der Waals surface area contributed by atoms with E-state index in [2.05, 4.69) is 15.5 Å². The number of anilines is 3. The summed E-state index contributed by atoms with van der Waals surface area (Å²) in [6, 6.07) is 11.4. The molecule has 2 N–H and O–H groups in total. The Morgan fingerprint density at radius 3 is 2.65 bits per heavy atom. The molecule has 160 valence electrons. The molecule has 10 heteroatoms. The van der Waals surface area contributed by atoms with Gasteiger partial charge in [-0.3, -0.25) is 14.9 Å². The lowest BCUT2D eigenvalue weighted by Crippen LogP contribution is -2.36. The molecule has 0 atom stereocenters. The van der Waals surface area contributed by atoms with Gasteiger partial charge in [0, 0.05) is 31.2 Å². The summed E-state index contributed by atoms with van der Waals surface area (Å²) < 4.78 is 5.37. The molecule has 1 aliphatic rings. The second-order valence-electron chi connectivity index (χ2n) is 6.67. The Labute approximate surface area is 184 Å². The Balaban J connectivity index is 1.89. The van der Waals surface area contributed by atoms with Gasteiger partial charge in [-0.1, -0.05) is 17.7 Å². The topological polar surface area (TPSA) is 121 Å². The molecule has 0 spiro atoms. The predicted octanol–water partition coefficient (Wildman–Crippen LogP) is 3.67. The van der Waals surface area contributed by atoms with Gasteiger partial charge in [-0.2, -0.15) is 5.26 Å². The third-order valence-electron chi connectivity index (χ3n) is 4.72.